The number of carbonyl (C=O) groups excluding carboxylic acids is 1. The molecule has 7 nitrogen and oxygen atoms in total. The molecule has 3 aromatic rings. The number of hydrogen-bond acceptors (Lipinski definition) is 6. The highest BCUT2D eigenvalue weighted by molar-refractivity contribution is 8.00. The standard InChI is InChI=1S/C22H27N5O2S/c1-14-12-26(13-15(2)29-14)21(28)16(3)30-22-25-24-20(27(22)23)11-18-9-6-8-17-7-4-5-10-19(17)18/h4-10,14-16H,11-13,23H2,1-3H3. The van der Waals surface area contributed by atoms with Gasteiger partial charge in [-0.25, -0.2) is 4.68 Å². The van der Waals surface area contributed by atoms with Crippen molar-refractivity contribution in [3.8, 4) is 0 Å². The third kappa shape index (κ3) is 4.29. The third-order valence-electron chi connectivity index (χ3n) is 5.32. The van der Waals surface area contributed by atoms with Crippen molar-refractivity contribution in [3.63, 3.8) is 0 Å². The van der Waals surface area contributed by atoms with Crippen molar-refractivity contribution in [1.82, 2.24) is 19.8 Å². The van der Waals surface area contributed by atoms with Crippen LogP contribution in [0.25, 0.3) is 10.8 Å². The molecule has 0 radical (unpaired) electrons. The van der Waals surface area contributed by atoms with Crippen LogP contribution in [0.1, 0.15) is 32.2 Å². The lowest BCUT2D eigenvalue weighted by Gasteiger charge is -2.36. The van der Waals surface area contributed by atoms with E-state index in [0.717, 1.165) is 5.56 Å². The van der Waals surface area contributed by atoms with Gasteiger partial charge in [-0.1, -0.05) is 54.2 Å². The van der Waals surface area contributed by atoms with Gasteiger partial charge in [0, 0.05) is 19.5 Å². The van der Waals surface area contributed by atoms with Crippen molar-refractivity contribution >= 4 is 28.4 Å². The number of rotatable bonds is 5. The van der Waals surface area contributed by atoms with Crippen LogP contribution < -0.4 is 5.84 Å². The molecule has 3 atom stereocenters. The fourth-order valence-corrected chi connectivity index (χ4v) is 4.82. The molecule has 30 heavy (non-hydrogen) atoms. The SMILES string of the molecule is CC1CN(C(=O)C(C)Sc2nnc(Cc3cccc4ccccc34)n2N)CC(C)O1. The summed E-state index contributed by atoms with van der Waals surface area (Å²) in [5.74, 6) is 7.03. The highest BCUT2D eigenvalue weighted by atomic mass is 32.2. The number of amides is 1. The second-order valence-electron chi connectivity index (χ2n) is 7.84. The molecule has 4 rings (SSSR count). The number of nitrogen functional groups attached to an aromatic ring is 1. The Labute approximate surface area is 180 Å². The van der Waals surface area contributed by atoms with E-state index in [2.05, 4.69) is 34.5 Å². The van der Waals surface area contributed by atoms with Gasteiger partial charge in [0.15, 0.2) is 5.82 Å². The van der Waals surface area contributed by atoms with Crippen LogP contribution in [0.15, 0.2) is 47.6 Å². The van der Waals surface area contributed by atoms with Gasteiger partial charge in [-0.2, -0.15) is 0 Å². The summed E-state index contributed by atoms with van der Waals surface area (Å²) >= 11 is 1.34. The van der Waals surface area contributed by atoms with E-state index >= 15 is 0 Å². The van der Waals surface area contributed by atoms with Crippen LogP contribution in [0, 0.1) is 0 Å². The van der Waals surface area contributed by atoms with E-state index in [0.29, 0.717) is 30.5 Å². The van der Waals surface area contributed by atoms with Crippen LogP contribution in [0.4, 0.5) is 0 Å². The van der Waals surface area contributed by atoms with Crippen LogP contribution in [-0.4, -0.2) is 56.2 Å². The molecule has 2 heterocycles. The fourth-order valence-electron chi connectivity index (χ4n) is 3.95. The van der Waals surface area contributed by atoms with Crippen molar-refractivity contribution in [2.24, 2.45) is 0 Å². The first-order valence-electron chi connectivity index (χ1n) is 10.2. The molecular formula is C22H27N5O2S. The van der Waals surface area contributed by atoms with Gasteiger partial charge in [0.25, 0.3) is 0 Å². The van der Waals surface area contributed by atoms with Crippen LogP contribution in [0.2, 0.25) is 0 Å². The number of nitrogens with two attached hydrogens (primary N) is 1. The van der Waals surface area contributed by atoms with Crippen LogP contribution in [0.3, 0.4) is 0 Å². The number of morpholine rings is 1. The quantitative estimate of drug-likeness (QED) is 0.500. The molecule has 2 aromatic carbocycles. The van der Waals surface area contributed by atoms with Crippen LogP contribution in [-0.2, 0) is 16.0 Å². The minimum Gasteiger partial charge on any atom is -0.372 e. The van der Waals surface area contributed by atoms with E-state index in [1.165, 1.54) is 27.2 Å². The minimum absolute atomic E-state index is 0.0420. The summed E-state index contributed by atoms with van der Waals surface area (Å²) in [7, 11) is 0. The number of carbonyl (C=O) groups is 1. The number of thioether (sulfide) groups is 1. The lowest BCUT2D eigenvalue weighted by atomic mass is 10.0. The van der Waals surface area contributed by atoms with Gasteiger partial charge in [0.2, 0.25) is 11.1 Å². The van der Waals surface area contributed by atoms with Crippen molar-refractivity contribution in [1.29, 1.82) is 0 Å². The molecule has 3 unspecified atom stereocenters. The second-order valence-corrected chi connectivity index (χ2v) is 9.15. The van der Waals surface area contributed by atoms with E-state index in [1.54, 1.807) is 0 Å². The summed E-state index contributed by atoms with van der Waals surface area (Å²) < 4.78 is 7.23. The van der Waals surface area contributed by atoms with E-state index in [9.17, 15) is 4.79 Å². The Morgan fingerprint density at radius 1 is 1.17 bits per heavy atom. The molecule has 158 valence electrons. The summed E-state index contributed by atoms with van der Waals surface area (Å²) in [6.45, 7) is 7.08. The summed E-state index contributed by atoms with van der Waals surface area (Å²) in [6, 6.07) is 14.5. The molecule has 1 saturated heterocycles. The lowest BCUT2D eigenvalue weighted by Crippen LogP contribution is -2.50. The van der Waals surface area contributed by atoms with E-state index in [-0.39, 0.29) is 23.4 Å². The average molecular weight is 426 g/mol. The Morgan fingerprint density at radius 3 is 2.63 bits per heavy atom. The molecule has 0 saturated carbocycles. The lowest BCUT2D eigenvalue weighted by molar-refractivity contribution is -0.142. The molecule has 1 aliphatic heterocycles. The topological polar surface area (TPSA) is 86.3 Å². The smallest absolute Gasteiger partial charge is 0.236 e. The third-order valence-corrected chi connectivity index (χ3v) is 6.37. The van der Waals surface area contributed by atoms with Crippen molar-refractivity contribution in [2.45, 2.75) is 49.8 Å². The first-order chi connectivity index (χ1) is 14.4. The second kappa shape index (κ2) is 8.65. The molecule has 1 aliphatic rings. The molecule has 0 aliphatic carbocycles. The molecule has 1 amide bonds. The predicted molar refractivity (Wildman–Crippen MR) is 119 cm³/mol. The van der Waals surface area contributed by atoms with E-state index < -0.39 is 0 Å². The summed E-state index contributed by atoms with van der Waals surface area (Å²) in [4.78, 5) is 14.8. The molecule has 0 spiro atoms. The molecule has 2 N–H and O–H groups in total. The number of hydrogen-bond donors (Lipinski definition) is 1. The van der Waals surface area contributed by atoms with Gasteiger partial charge in [-0.3, -0.25) is 4.79 Å². The number of benzene rings is 2. The maximum absolute atomic E-state index is 12.9. The Balaban J connectivity index is 1.47. The summed E-state index contributed by atoms with van der Waals surface area (Å²) in [6.07, 6.45) is 0.660. The monoisotopic (exact) mass is 425 g/mol. The maximum Gasteiger partial charge on any atom is 0.236 e. The van der Waals surface area contributed by atoms with E-state index in [4.69, 9.17) is 10.6 Å². The van der Waals surface area contributed by atoms with Gasteiger partial charge in [0.05, 0.1) is 17.5 Å². The molecule has 0 bridgehead atoms. The number of nitrogens with zero attached hydrogens (tertiary/aromatic N) is 4. The Kier molecular flexibility index (Phi) is 5.97. The van der Waals surface area contributed by atoms with Crippen molar-refractivity contribution < 1.29 is 9.53 Å². The van der Waals surface area contributed by atoms with Gasteiger partial charge in [-0.05, 0) is 37.1 Å². The van der Waals surface area contributed by atoms with Gasteiger partial charge >= 0.3 is 0 Å². The van der Waals surface area contributed by atoms with Crippen molar-refractivity contribution in [3.05, 3.63) is 53.9 Å². The Morgan fingerprint density at radius 2 is 1.87 bits per heavy atom. The van der Waals surface area contributed by atoms with Gasteiger partial charge < -0.3 is 15.5 Å². The van der Waals surface area contributed by atoms with Crippen LogP contribution in [0.5, 0.6) is 0 Å². The molecule has 8 heteroatoms. The first kappa shape index (κ1) is 20.7. The zero-order chi connectivity index (χ0) is 21.3. The molecule has 1 fully saturated rings. The summed E-state index contributed by atoms with van der Waals surface area (Å²) in [5, 5.41) is 11.1. The van der Waals surface area contributed by atoms with Crippen LogP contribution >= 0.6 is 11.8 Å². The number of fused-ring (bicyclic) bond motifs is 1. The highest BCUT2D eigenvalue weighted by Crippen LogP contribution is 2.25. The number of ether oxygens (including phenoxy) is 1. The zero-order valence-electron chi connectivity index (χ0n) is 17.5. The van der Waals surface area contributed by atoms with Gasteiger partial charge in [0.1, 0.15) is 0 Å². The Bertz CT molecular complexity index is 1040. The van der Waals surface area contributed by atoms with E-state index in [1.807, 2.05) is 43.9 Å². The highest BCUT2D eigenvalue weighted by Gasteiger charge is 2.30. The predicted octanol–water partition coefficient (Wildman–Crippen LogP) is 2.85. The zero-order valence-corrected chi connectivity index (χ0v) is 18.3. The fraction of sp³-hybridized carbons (Fsp3) is 0.409. The summed E-state index contributed by atoms with van der Waals surface area (Å²) in [5.41, 5.74) is 1.14. The number of aromatic nitrogens is 3. The maximum atomic E-state index is 12.9. The minimum atomic E-state index is -0.306. The first-order valence-corrected chi connectivity index (χ1v) is 11.1. The molecule has 1 aromatic heterocycles. The van der Waals surface area contributed by atoms with Crippen molar-refractivity contribution in [2.75, 3.05) is 18.9 Å². The Hall–Kier alpha value is -2.58. The van der Waals surface area contributed by atoms with Gasteiger partial charge in [-0.15, -0.1) is 10.2 Å². The normalized spacial score (nSPS) is 20.4. The average Bonchev–Trinajstić information content (AvgIpc) is 3.06. The molecular weight excluding hydrogens is 398 g/mol. The largest absolute Gasteiger partial charge is 0.372 e.